The Bertz CT molecular complexity index is 162. The van der Waals surface area contributed by atoms with Crippen LogP contribution in [0.25, 0.3) is 0 Å². The highest BCUT2D eigenvalue weighted by molar-refractivity contribution is 7.63. The van der Waals surface area contributed by atoms with Crippen LogP contribution in [0, 0.1) is 0 Å². The first kappa shape index (κ1) is 12.5. The van der Waals surface area contributed by atoms with Crippen LogP contribution in [0.4, 0.5) is 0 Å². The first-order valence-corrected chi connectivity index (χ1v) is 7.15. The van der Waals surface area contributed by atoms with E-state index in [-0.39, 0.29) is 6.16 Å². The summed E-state index contributed by atoms with van der Waals surface area (Å²) in [7, 11) is -5.19. The van der Waals surface area contributed by atoms with E-state index in [4.69, 9.17) is 9.79 Å². The fourth-order valence-corrected chi connectivity index (χ4v) is 3.48. The normalized spacial score (nSPS) is 18.7. The van der Waals surface area contributed by atoms with Gasteiger partial charge in [0.25, 0.3) is 0 Å². The topological polar surface area (TPSA) is 66.8 Å². The van der Waals surface area contributed by atoms with Crippen molar-refractivity contribution in [1.82, 2.24) is 0 Å². The first-order valence-electron chi connectivity index (χ1n) is 3.99. The molecule has 0 saturated heterocycles. The molecule has 74 valence electrons. The van der Waals surface area contributed by atoms with E-state index in [1.165, 1.54) is 0 Å². The summed E-state index contributed by atoms with van der Waals surface area (Å²) >= 11 is 0. The van der Waals surface area contributed by atoms with Crippen LogP contribution in [-0.4, -0.2) is 22.1 Å². The van der Waals surface area contributed by atoms with E-state index in [2.05, 4.69) is 4.31 Å². The fourth-order valence-electron chi connectivity index (χ4n) is 0.703. The molecule has 0 aromatic heterocycles. The lowest BCUT2D eigenvalue weighted by atomic mass is 10.6. The maximum Gasteiger partial charge on any atom is 0.333 e. The van der Waals surface area contributed by atoms with Gasteiger partial charge in [0.05, 0.1) is 6.16 Å². The zero-order valence-electron chi connectivity index (χ0n) is 7.43. The predicted molar refractivity (Wildman–Crippen MR) is 50.4 cm³/mol. The Morgan fingerprint density at radius 3 is 2.42 bits per heavy atom. The van der Waals surface area contributed by atoms with Gasteiger partial charge in [-0.2, -0.15) is 0 Å². The van der Waals surface area contributed by atoms with Crippen molar-refractivity contribution >= 4 is 16.0 Å². The summed E-state index contributed by atoms with van der Waals surface area (Å²) < 4.78 is 15.7. The van der Waals surface area contributed by atoms with Crippen molar-refractivity contribution in [1.29, 1.82) is 0 Å². The molecular weight excluding hydrogens is 198 g/mol. The third-order valence-electron chi connectivity index (χ3n) is 1.14. The molecule has 0 amide bonds. The van der Waals surface area contributed by atoms with E-state index in [1.807, 2.05) is 6.92 Å². The molecular formula is C6H16O4P2. The van der Waals surface area contributed by atoms with Crippen LogP contribution in [0.1, 0.15) is 26.7 Å². The molecule has 0 saturated carbocycles. The minimum atomic E-state index is -3.50. The van der Waals surface area contributed by atoms with Crippen LogP contribution in [0.2, 0.25) is 0 Å². The van der Waals surface area contributed by atoms with E-state index in [1.54, 1.807) is 6.92 Å². The van der Waals surface area contributed by atoms with Crippen molar-refractivity contribution in [3.8, 4) is 0 Å². The highest BCUT2D eigenvalue weighted by Gasteiger charge is 2.22. The molecule has 6 heteroatoms. The van der Waals surface area contributed by atoms with Gasteiger partial charge in [-0.05, 0) is 12.8 Å². The van der Waals surface area contributed by atoms with Gasteiger partial charge in [-0.1, -0.05) is 13.8 Å². The molecule has 4 nitrogen and oxygen atoms in total. The second kappa shape index (κ2) is 6.06. The second-order valence-corrected chi connectivity index (χ2v) is 6.05. The summed E-state index contributed by atoms with van der Waals surface area (Å²) in [6.07, 6.45) is 1.93. The Labute approximate surface area is 74.4 Å². The smallest absolute Gasteiger partial charge is 0.333 e. The summed E-state index contributed by atoms with van der Waals surface area (Å²) in [5.41, 5.74) is 0. The summed E-state index contributed by atoms with van der Waals surface area (Å²) in [4.78, 5) is 18.2. The first-order chi connectivity index (χ1) is 5.52. The molecule has 0 spiro atoms. The van der Waals surface area contributed by atoms with E-state index < -0.39 is 16.0 Å². The van der Waals surface area contributed by atoms with E-state index in [0.29, 0.717) is 12.6 Å². The zero-order chi connectivity index (χ0) is 9.61. The predicted octanol–water partition coefficient (Wildman–Crippen LogP) is 2.31. The zero-order valence-corrected chi connectivity index (χ0v) is 9.22. The number of rotatable bonds is 6. The van der Waals surface area contributed by atoms with Crippen molar-refractivity contribution in [3.63, 3.8) is 0 Å². The highest BCUT2D eigenvalue weighted by Crippen LogP contribution is 2.54. The second-order valence-electron chi connectivity index (χ2n) is 2.52. The minimum absolute atomic E-state index is 0.121. The summed E-state index contributed by atoms with van der Waals surface area (Å²) in [6.45, 7) is 3.68. The lowest BCUT2D eigenvalue weighted by molar-refractivity contribution is 0.372. The molecule has 2 atom stereocenters. The van der Waals surface area contributed by atoms with Crippen molar-refractivity contribution in [2.24, 2.45) is 0 Å². The third kappa shape index (κ3) is 6.10. The van der Waals surface area contributed by atoms with E-state index >= 15 is 0 Å². The molecule has 0 fully saturated rings. The van der Waals surface area contributed by atoms with E-state index in [9.17, 15) is 4.57 Å². The van der Waals surface area contributed by atoms with Gasteiger partial charge in [-0.3, -0.25) is 8.88 Å². The Hall–Kier alpha value is 0.540. The van der Waals surface area contributed by atoms with Gasteiger partial charge >= 0.3 is 7.60 Å². The van der Waals surface area contributed by atoms with Crippen LogP contribution in [-0.2, 0) is 8.88 Å². The molecule has 0 aromatic carbocycles. The molecule has 12 heavy (non-hydrogen) atoms. The average molecular weight is 214 g/mol. The van der Waals surface area contributed by atoms with Crippen LogP contribution in [0.3, 0.4) is 0 Å². The number of hydrogen-bond donors (Lipinski definition) is 2. The maximum absolute atomic E-state index is 11.1. The quantitative estimate of drug-likeness (QED) is 0.666. The van der Waals surface area contributed by atoms with Crippen molar-refractivity contribution in [2.45, 2.75) is 26.7 Å². The molecule has 0 bridgehead atoms. The number of hydrogen-bond acceptors (Lipinski definition) is 3. The molecule has 0 radical (unpaired) electrons. The standard InChI is InChI=1S/C6H16O4P2/c1-3-5-11(7)10-12(8,9)6-4-2/h7H,3-6H2,1-2H3,(H,8,9). The Kier molecular flexibility index (Phi) is 6.34. The summed E-state index contributed by atoms with van der Waals surface area (Å²) in [6, 6.07) is 0. The Balaban J connectivity index is 3.79. The van der Waals surface area contributed by atoms with Crippen LogP contribution in [0.5, 0.6) is 0 Å². The molecule has 0 aliphatic heterocycles. The lowest BCUT2D eigenvalue weighted by Gasteiger charge is -2.14. The Morgan fingerprint density at radius 2 is 2.00 bits per heavy atom. The maximum atomic E-state index is 11.1. The van der Waals surface area contributed by atoms with Crippen molar-refractivity contribution in [3.05, 3.63) is 0 Å². The molecule has 0 aliphatic rings. The largest absolute Gasteiger partial charge is 0.350 e. The van der Waals surface area contributed by atoms with E-state index in [0.717, 1.165) is 6.42 Å². The van der Waals surface area contributed by atoms with Crippen LogP contribution < -0.4 is 0 Å². The average Bonchev–Trinajstić information content (AvgIpc) is 1.85. The van der Waals surface area contributed by atoms with Gasteiger partial charge in [0.1, 0.15) is 0 Å². The molecule has 2 N–H and O–H groups in total. The molecule has 0 aromatic rings. The molecule has 2 unspecified atom stereocenters. The Morgan fingerprint density at radius 1 is 1.42 bits per heavy atom. The van der Waals surface area contributed by atoms with Crippen molar-refractivity contribution in [2.75, 3.05) is 12.3 Å². The fraction of sp³-hybridized carbons (Fsp3) is 1.00. The van der Waals surface area contributed by atoms with Gasteiger partial charge in [-0.25, -0.2) is 0 Å². The molecule has 0 rings (SSSR count). The highest BCUT2D eigenvalue weighted by atomic mass is 31.2. The summed E-state index contributed by atoms with van der Waals surface area (Å²) in [5, 5.41) is 0. The van der Waals surface area contributed by atoms with Crippen LogP contribution in [0.15, 0.2) is 0 Å². The van der Waals surface area contributed by atoms with Crippen molar-refractivity contribution < 1.29 is 18.7 Å². The van der Waals surface area contributed by atoms with Gasteiger partial charge in [-0.15, -0.1) is 0 Å². The molecule has 0 heterocycles. The monoisotopic (exact) mass is 214 g/mol. The van der Waals surface area contributed by atoms with Gasteiger partial charge in [0.2, 0.25) is 0 Å². The van der Waals surface area contributed by atoms with Gasteiger partial charge in [0, 0.05) is 6.16 Å². The lowest BCUT2D eigenvalue weighted by Crippen LogP contribution is -1.92. The van der Waals surface area contributed by atoms with Gasteiger partial charge < -0.3 is 9.79 Å². The SMILES string of the molecule is CCCP(O)OP(=O)(O)CCC. The third-order valence-corrected chi connectivity index (χ3v) is 4.76. The minimum Gasteiger partial charge on any atom is -0.350 e. The van der Waals surface area contributed by atoms with Crippen LogP contribution >= 0.6 is 16.0 Å². The molecule has 0 aliphatic carbocycles. The summed E-state index contributed by atoms with van der Waals surface area (Å²) in [5.74, 6) is 0. The van der Waals surface area contributed by atoms with Gasteiger partial charge in [0.15, 0.2) is 8.38 Å².